The van der Waals surface area contributed by atoms with Gasteiger partial charge in [-0.3, -0.25) is 0 Å². The van der Waals surface area contributed by atoms with Gasteiger partial charge in [-0.2, -0.15) is 0 Å². The Bertz CT molecular complexity index is 71.5. The zero-order chi connectivity index (χ0) is 5.98. The molecule has 0 amide bonds. The van der Waals surface area contributed by atoms with E-state index in [0.29, 0.717) is 6.42 Å². The van der Waals surface area contributed by atoms with Crippen LogP contribution in [0.4, 0.5) is 4.39 Å². The van der Waals surface area contributed by atoms with Gasteiger partial charge in [0, 0.05) is 6.04 Å². The molecule has 1 saturated carbocycles. The van der Waals surface area contributed by atoms with Gasteiger partial charge in [0.15, 0.2) is 0 Å². The molecule has 0 unspecified atom stereocenters. The summed E-state index contributed by atoms with van der Waals surface area (Å²) >= 11 is 0. The fourth-order valence-electron chi connectivity index (χ4n) is 1.17. The lowest BCUT2D eigenvalue weighted by Crippen LogP contribution is -2.28. The Balaban J connectivity index is 0.000000640. The third-order valence-electron chi connectivity index (χ3n) is 1.65. The Labute approximate surface area is 61.2 Å². The lowest BCUT2D eigenvalue weighted by Gasteiger charge is -2.19. The van der Waals surface area contributed by atoms with E-state index < -0.39 is 6.17 Å². The maximum absolute atomic E-state index is 12.4. The normalized spacial score (nSPS) is 35.3. The van der Waals surface area contributed by atoms with Crippen molar-refractivity contribution in [3.05, 3.63) is 0 Å². The number of hydrogen-bond acceptors (Lipinski definition) is 1. The summed E-state index contributed by atoms with van der Waals surface area (Å²) in [5.74, 6) is 0. The maximum atomic E-state index is 12.4. The molecular weight excluding hydrogens is 141 g/mol. The van der Waals surface area contributed by atoms with E-state index in [1.807, 2.05) is 0 Å². The largest absolute Gasteiger partial charge is 0.328 e. The van der Waals surface area contributed by atoms with Gasteiger partial charge in [0.05, 0.1) is 0 Å². The van der Waals surface area contributed by atoms with Crippen LogP contribution in [0, 0.1) is 0 Å². The van der Waals surface area contributed by atoms with Crippen LogP contribution in [-0.2, 0) is 0 Å². The summed E-state index contributed by atoms with van der Waals surface area (Å²) in [6, 6.07) is 0.138. The second-order valence-electron chi connectivity index (χ2n) is 2.52. The van der Waals surface area contributed by atoms with Gasteiger partial charge in [0.1, 0.15) is 6.17 Å². The maximum Gasteiger partial charge on any atom is 0.102 e. The van der Waals surface area contributed by atoms with E-state index in [2.05, 4.69) is 0 Å². The number of halogens is 2. The topological polar surface area (TPSA) is 26.0 Å². The van der Waals surface area contributed by atoms with E-state index in [1.165, 1.54) is 0 Å². The van der Waals surface area contributed by atoms with Gasteiger partial charge in [-0.25, -0.2) is 4.39 Å². The third kappa shape index (κ3) is 3.01. The average molecular weight is 154 g/mol. The summed E-state index contributed by atoms with van der Waals surface area (Å²) in [6.07, 6.45) is 2.69. The zero-order valence-corrected chi connectivity index (χ0v) is 6.16. The quantitative estimate of drug-likeness (QED) is 0.563. The number of hydrogen-bond donors (Lipinski definition) is 1. The Morgan fingerprint density at radius 1 is 1.33 bits per heavy atom. The van der Waals surface area contributed by atoms with Crippen molar-refractivity contribution >= 4 is 12.4 Å². The summed E-state index contributed by atoms with van der Waals surface area (Å²) in [5, 5.41) is 0. The van der Waals surface area contributed by atoms with Gasteiger partial charge in [-0.05, 0) is 25.7 Å². The monoisotopic (exact) mass is 153 g/mol. The molecule has 9 heavy (non-hydrogen) atoms. The molecule has 0 heterocycles. The predicted molar refractivity (Wildman–Crippen MR) is 38.6 cm³/mol. The van der Waals surface area contributed by atoms with E-state index in [9.17, 15) is 4.39 Å². The minimum absolute atomic E-state index is 0. The third-order valence-corrected chi connectivity index (χ3v) is 1.65. The van der Waals surface area contributed by atoms with Gasteiger partial charge in [-0.1, -0.05) is 0 Å². The Kier molecular flexibility index (Phi) is 4.15. The lowest BCUT2D eigenvalue weighted by atomic mass is 9.95. The summed E-state index contributed by atoms with van der Waals surface area (Å²) in [4.78, 5) is 0. The molecule has 0 bridgehead atoms. The molecule has 0 saturated heterocycles. The van der Waals surface area contributed by atoms with Crippen LogP contribution in [0.2, 0.25) is 0 Å². The first-order valence-corrected chi connectivity index (χ1v) is 3.18. The first kappa shape index (κ1) is 9.18. The molecule has 56 valence electrons. The molecule has 0 aromatic rings. The van der Waals surface area contributed by atoms with Gasteiger partial charge < -0.3 is 5.73 Å². The summed E-state index contributed by atoms with van der Waals surface area (Å²) in [6.45, 7) is 0. The molecule has 1 rings (SSSR count). The Hall–Kier alpha value is 0.180. The van der Waals surface area contributed by atoms with Crippen LogP contribution >= 0.6 is 12.4 Å². The van der Waals surface area contributed by atoms with Gasteiger partial charge in [0.2, 0.25) is 0 Å². The first-order valence-electron chi connectivity index (χ1n) is 3.18. The zero-order valence-electron chi connectivity index (χ0n) is 5.35. The molecule has 1 fully saturated rings. The van der Waals surface area contributed by atoms with Gasteiger partial charge in [0.25, 0.3) is 0 Å². The predicted octanol–water partition coefficient (Wildman–Crippen LogP) is 1.65. The molecular formula is C6H13ClFN. The van der Waals surface area contributed by atoms with Crippen molar-refractivity contribution in [3.63, 3.8) is 0 Å². The minimum Gasteiger partial charge on any atom is -0.328 e. The van der Waals surface area contributed by atoms with Crippen LogP contribution in [0.1, 0.15) is 25.7 Å². The van der Waals surface area contributed by atoms with E-state index in [1.54, 1.807) is 0 Å². The highest BCUT2D eigenvalue weighted by atomic mass is 35.5. The Morgan fingerprint density at radius 3 is 2.33 bits per heavy atom. The summed E-state index contributed by atoms with van der Waals surface area (Å²) < 4.78 is 12.4. The van der Waals surface area contributed by atoms with Crippen LogP contribution in [0.15, 0.2) is 0 Å². The second-order valence-corrected chi connectivity index (χ2v) is 2.52. The van der Waals surface area contributed by atoms with E-state index >= 15 is 0 Å². The Morgan fingerprint density at radius 2 is 2.00 bits per heavy atom. The standard InChI is InChI=1S/C6H12FN.ClH/c7-5-2-1-3-6(8)4-5;/h5-6H,1-4,8H2;1H/t5-,6-;/m0./s1. The van der Waals surface area contributed by atoms with Crippen molar-refractivity contribution < 1.29 is 4.39 Å². The van der Waals surface area contributed by atoms with Gasteiger partial charge in [-0.15, -0.1) is 12.4 Å². The molecule has 0 spiro atoms. The molecule has 1 aliphatic carbocycles. The number of nitrogens with two attached hydrogens (primary N) is 1. The summed E-state index contributed by atoms with van der Waals surface area (Å²) in [7, 11) is 0. The SMILES string of the molecule is Cl.N[C@H]1CCC[C@H](F)C1. The van der Waals surface area contributed by atoms with Gasteiger partial charge >= 0.3 is 0 Å². The van der Waals surface area contributed by atoms with Crippen LogP contribution in [0.5, 0.6) is 0 Å². The highest BCUT2D eigenvalue weighted by Gasteiger charge is 2.17. The van der Waals surface area contributed by atoms with E-state index in [-0.39, 0.29) is 18.4 Å². The van der Waals surface area contributed by atoms with Crippen LogP contribution in [0.3, 0.4) is 0 Å². The average Bonchev–Trinajstić information content (AvgIpc) is 1.64. The second kappa shape index (κ2) is 4.07. The molecule has 0 aromatic carbocycles. The molecule has 1 nitrogen and oxygen atoms in total. The lowest BCUT2D eigenvalue weighted by molar-refractivity contribution is 0.232. The molecule has 1 aliphatic rings. The van der Waals surface area contributed by atoms with Crippen molar-refractivity contribution in [2.45, 2.75) is 37.9 Å². The number of alkyl halides is 1. The van der Waals surface area contributed by atoms with Crippen molar-refractivity contribution in [3.8, 4) is 0 Å². The van der Waals surface area contributed by atoms with Crippen LogP contribution in [0.25, 0.3) is 0 Å². The first-order chi connectivity index (χ1) is 3.79. The minimum atomic E-state index is -0.612. The van der Waals surface area contributed by atoms with Crippen LogP contribution < -0.4 is 5.73 Å². The van der Waals surface area contributed by atoms with E-state index in [0.717, 1.165) is 19.3 Å². The highest BCUT2D eigenvalue weighted by molar-refractivity contribution is 5.85. The molecule has 2 N–H and O–H groups in total. The fraction of sp³-hybridized carbons (Fsp3) is 1.00. The molecule has 2 atom stereocenters. The molecule has 3 heteroatoms. The summed E-state index contributed by atoms with van der Waals surface area (Å²) in [5.41, 5.74) is 5.49. The fourth-order valence-corrected chi connectivity index (χ4v) is 1.17. The molecule has 0 aromatic heterocycles. The number of rotatable bonds is 0. The van der Waals surface area contributed by atoms with Crippen molar-refractivity contribution in [2.24, 2.45) is 5.73 Å². The molecule has 0 aliphatic heterocycles. The highest BCUT2D eigenvalue weighted by Crippen LogP contribution is 2.18. The smallest absolute Gasteiger partial charge is 0.102 e. The van der Waals surface area contributed by atoms with Crippen LogP contribution in [-0.4, -0.2) is 12.2 Å². The van der Waals surface area contributed by atoms with E-state index in [4.69, 9.17) is 5.73 Å². The van der Waals surface area contributed by atoms with Crippen molar-refractivity contribution in [1.82, 2.24) is 0 Å². The molecule has 0 radical (unpaired) electrons. The van der Waals surface area contributed by atoms with Crippen molar-refractivity contribution in [1.29, 1.82) is 0 Å². The van der Waals surface area contributed by atoms with Crippen molar-refractivity contribution in [2.75, 3.05) is 0 Å².